The van der Waals surface area contributed by atoms with E-state index in [0.29, 0.717) is 31.7 Å². The average molecular weight is 366 g/mol. The predicted octanol–water partition coefficient (Wildman–Crippen LogP) is 2.75. The van der Waals surface area contributed by atoms with Crippen molar-refractivity contribution in [1.29, 1.82) is 0 Å². The highest BCUT2D eigenvalue weighted by Crippen LogP contribution is 2.24. The molecule has 2 aliphatic rings. The molecule has 132 valence electrons. The third-order valence-electron chi connectivity index (χ3n) is 4.51. The van der Waals surface area contributed by atoms with Gasteiger partial charge in [0.1, 0.15) is 10.8 Å². The molecule has 0 saturated heterocycles. The topological polar surface area (TPSA) is 75.2 Å². The Balaban J connectivity index is 1.40. The van der Waals surface area contributed by atoms with Crippen LogP contribution >= 0.6 is 11.3 Å². The summed E-state index contributed by atoms with van der Waals surface area (Å²) in [5, 5.41) is 5.77. The van der Waals surface area contributed by atoms with E-state index in [2.05, 4.69) is 21.4 Å². The van der Waals surface area contributed by atoms with E-state index >= 15 is 0 Å². The highest BCUT2D eigenvalue weighted by atomic mass is 32.1. The van der Waals surface area contributed by atoms with Gasteiger partial charge in [-0.15, -0.1) is 11.3 Å². The monoisotopic (exact) mass is 366 g/mol. The van der Waals surface area contributed by atoms with Crippen molar-refractivity contribution in [2.24, 2.45) is 0 Å². The van der Waals surface area contributed by atoms with Crippen molar-refractivity contribution in [3.05, 3.63) is 52.1 Å². The molecule has 0 spiro atoms. The van der Waals surface area contributed by atoms with Gasteiger partial charge in [0.05, 0.1) is 0 Å². The van der Waals surface area contributed by atoms with E-state index in [4.69, 9.17) is 0 Å². The highest BCUT2D eigenvalue weighted by Gasteiger charge is 2.18. The van der Waals surface area contributed by atoms with Crippen LogP contribution < -0.4 is 5.32 Å². The summed E-state index contributed by atoms with van der Waals surface area (Å²) in [6.07, 6.45) is 10.9. The van der Waals surface area contributed by atoms with Gasteiger partial charge in [-0.2, -0.15) is 0 Å². The minimum absolute atomic E-state index is 0.00117. The van der Waals surface area contributed by atoms with Crippen LogP contribution in [0.1, 0.15) is 29.0 Å². The first kappa shape index (κ1) is 16.7. The molecule has 26 heavy (non-hydrogen) atoms. The van der Waals surface area contributed by atoms with E-state index in [1.807, 2.05) is 16.3 Å². The first-order valence-corrected chi connectivity index (χ1v) is 9.42. The fourth-order valence-electron chi connectivity index (χ4n) is 3.08. The summed E-state index contributed by atoms with van der Waals surface area (Å²) < 4.78 is 0. The summed E-state index contributed by atoms with van der Waals surface area (Å²) in [5.74, 6) is 0.616. The zero-order valence-corrected chi connectivity index (χ0v) is 15.0. The maximum atomic E-state index is 12.4. The van der Waals surface area contributed by atoms with Crippen LogP contribution in [0.15, 0.2) is 36.0 Å². The van der Waals surface area contributed by atoms with Crippen LogP contribution in [0, 0.1) is 0 Å². The zero-order valence-electron chi connectivity index (χ0n) is 14.1. The van der Waals surface area contributed by atoms with Gasteiger partial charge in [0.15, 0.2) is 0 Å². The lowest BCUT2D eigenvalue weighted by molar-refractivity contribution is -0.125. The van der Waals surface area contributed by atoms with Crippen molar-refractivity contribution >= 4 is 40.6 Å². The van der Waals surface area contributed by atoms with Crippen LogP contribution in [-0.2, 0) is 16.0 Å². The smallest absolute Gasteiger partial charge is 0.246 e. The van der Waals surface area contributed by atoms with E-state index in [1.165, 1.54) is 5.57 Å². The Morgan fingerprint density at radius 3 is 2.96 bits per heavy atom. The zero-order chi connectivity index (χ0) is 17.9. The third-order valence-corrected chi connectivity index (χ3v) is 5.36. The molecule has 0 saturated carbocycles. The highest BCUT2D eigenvalue weighted by molar-refractivity contribution is 7.10. The normalized spacial score (nSPS) is 17.0. The molecule has 0 radical (unpaired) electrons. The van der Waals surface area contributed by atoms with E-state index in [-0.39, 0.29) is 11.8 Å². The molecule has 4 rings (SSSR count). The Kier molecular flexibility index (Phi) is 4.62. The van der Waals surface area contributed by atoms with Gasteiger partial charge in [-0.1, -0.05) is 6.08 Å². The number of aryl methyl sites for hydroxylation is 1. The molecule has 2 amide bonds. The number of nitrogens with zero attached hydrogens (tertiary/aromatic N) is 3. The summed E-state index contributed by atoms with van der Waals surface area (Å²) >= 11 is 1.63. The lowest BCUT2D eigenvalue weighted by Gasteiger charge is -2.24. The third kappa shape index (κ3) is 3.57. The van der Waals surface area contributed by atoms with Crippen LogP contribution in [0.4, 0.5) is 5.82 Å². The Morgan fingerprint density at radius 1 is 1.27 bits per heavy atom. The number of pyridine rings is 1. The van der Waals surface area contributed by atoms with Gasteiger partial charge in [-0.25, -0.2) is 9.97 Å². The Labute approximate surface area is 155 Å². The number of hydrogen-bond acceptors (Lipinski definition) is 5. The van der Waals surface area contributed by atoms with Crippen LogP contribution in [0.5, 0.6) is 0 Å². The SMILES string of the molecule is O=C1CCc2cc(/C=C/C(=O)N3CC=C(c4nccs4)CC3)cnc2N1. The number of rotatable bonds is 3. The van der Waals surface area contributed by atoms with Crippen molar-refractivity contribution in [1.82, 2.24) is 14.9 Å². The van der Waals surface area contributed by atoms with E-state index < -0.39 is 0 Å². The number of hydrogen-bond donors (Lipinski definition) is 1. The number of amides is 2. The van der Waals surface area contributed by atoms with Gasteiger partial charge in [0, 0.05) is 43.4 Å². The molecule has 0 atom stereocenters. The Morgan fingerprint density at radius 2 is 2.19 bits per heavy atom. The van der Waals surface area contributed by atoms with E-state index in [9.17, 15) is 9.59 Å². The Hall–Kier alpha value is -2.80. The van der Waals surface area contributed by atoms with Gasteiger partial charge < -0.3 is 10.2 Å². The molecule has 7 heteroatoms. The van der Waals surface area contributed by atoms with Gasteiger partial charge in [0.2, 0.25) is 11.8 Å². The van der Waals surface area contributed by atoms with Crippen molar-refractivity contribution < 1.29 is 9.59 Å². The number of thiazole rings is 1. The molecule has 4 heterocycles. The molecule has 0 aliphatic carbocycles. The largest absolute Gasteiger partial charge is 0.335 e. The maximum Gasteiger partial charge on any atom is 0.246 e. The molecule has 2 aromatic heterocycles. The maximum absolute atomic E-state index is 12.4. The summed E-state index contributed by atoms with van der Waals surface area (Å²) in [5.41, 5.74) is 3.09. The second-order valence-electron chi connectivity index (χ2n) is 6.26. The molecule has 2 aromatic rings. The molecule has 6 nitrogen and oxygen atoms in total. The predicted molar refractivity (Wildman–Crippen MR) is 102 cm³/mol. The number of nitrogens with one attached hydrogen (secondary N) is 1. The van der Waals surface area contributed by atoms with Crippen LogP contribution in [0.2, 0.25) is 0 Å². The lowest BCUT2D eigenvalue weighted by Crippen LogP contribution is -2.33. The first-order valence-electron chi connectivity index (χ1n) is 8.54. The van der Waals surface area contributed by atoms with Gasteiger partial charge in [-0.3, -0.25) is 9.59 Å². The van der Waals surface area contributed by atoms with E-state index in [1.54, 1.807) is 35.9 Å². The number of aromatic nitrogens is 2. The minimum Gasteiger partial charge on any atom is -0.335 e. The van der Waals surface area contributed by atoms with Crippen molar-refractivity contribution in [3.63, 3.8) is 0 Å². The van der Waals surface area contributed by atoms with Crippen LogP contribution in [0.25, 0.3) is 11.6 Å². The number of carbonyl (C=O) groups excluding carboxylic acids is 2. The number of fused-ring (bicyclic) bond motifs is 1. The van der Waals surface area contributed by atoms with Crippen molar-refractivity contribution in [2.45, 2.75) is 19.3 Å². The van der Waals surface area contributed by atoms with Crippen molar-refractivity contribution in [2.75, 3.05) is 18.4 Å². The lowest BCUT2D eigenvalue weighted by atomic mass is 10.0. The van der Waals surface area contributed by atoms with Crippen LogP contribution in [0.3, 0.4) is 0 Å². The number of anilines is 1. The summed E-state index contributed by atoms with van der Waals surface area (Å²) in [6.45, 7) is 1.30. The second kappa shape index (κ2) is 7.21. The summed E-state index contributed by atoms with van der Waals surface area (Å²) in [7, 11) is 0. The van der Waals surface area contributed by atoms with Gasteiger partial charge >= 0.3 is 0 Å². The minimum atomic E-state index is -0.00883. The molecule has 0 aromatic carbocycles. The summed E-state index contributed by atoms with van der Waals surface area (Å²) in [6, 6.07) is 1.97. The average Bonchev–Trinajstić information content (AvgIpc) is 3.21. The molecule has 1 N–H and O–H groups in total. The fraction of sp³-hybridized carbons (Fsp3) is 0.263. The second-order valence-corrected chi connectivity index (χ2v) is 7.15. The van der Waals surface area contributed by atoms with Gasteiger partial charge in [0.25, 0.3) is 0 Å². The van der Waals surface area contributed by atoms with Crippen molar-refractivity contribution in [3.8, 4) is 0 Å². The quantitative estimate of drug-likeness (QED) is 0.848. The molecule has 0 unspecified atom stereocenters. The summed E-state index contributed by atoms with van der Waals surface area (Å²) in [4.78, 5) is 34.2. The van der Waals surface area contributed by atoms with Gasteiger partial charge in [-0.05, 0) is 41.7 Å². The molecular weight excluding hydrogens is 348 g/mol. The van der Waals surface area contributed by atoms with E-state index in [0.717, 1.165) is 22.6 Å². The Bertz CT molecular complexity index is 902. The molecule has 0 fully saturated rings. The van der Waals surface area contributed by atoms with Crippen LogP contribution in [-0.4, -0.2) is 39.8 Å². The molecular formula is C19H18N4O2S. The standard InChI is InChI=1S/C19H18N4O2S/c24-16-3-2-15-11-13(12-21-18(15)22-16)1-4-17(25)23-8-5-14(6-9-23)19-20-7-10-26-19/h1,4-5,7,10-12H,2-3,6,8-9H2,(H,21,22,24)/b4-1+. The number of carbonyl (C=O) groups is 2. The first-order chi connectivity index (χ1) is 12.7. The molecule has 2 aliphatic heterocycles. The molecule has 0 bridgehead atoms. The fourth-order valence-corrected chi connectivity index (χ4v) is 3.79.